The molecule has 1 atom stereocenters. The summed E-state index contributed by atoms with van der Waals surface area (Å²) < 4.78 is 40.6. The molecule has 0 spiro atoms. The van der Waals surface area contributed by atoms with Gasteiger partial charge in [0.2, 0.25) is 0 Å². The number of rotatable bonds is 3. The number of piperazine rings is 1. The molecule has 0 amide bonds. The van der Waals surface area contributed by atoms with E-state index in [0.717, 1.165) is 0 Å². The van der Waals surface area contributed by atoms with Crippen LogP contribution >= 0.6 is 40.7 Å². The van der Waals surface area contributed by atoms with E-state index in [1.54, 1.807) is 11.0 Å². The largest absolute Gasteiger partial charge is 0.314 e. The van der Waals surface area contributed by atoms with Crippen molar-refractivity contribution in [1.82, 2.24) is 10.2 Å². The van der Waals surface area contributed by atoms with Gasteiger partial charge in [-0.05, 0) is 22.0 Å². The van der Waals surface area contributed by atoms with Crippen LogP contribution in [0.15, 0.2) is 22.7 Å². The Balaban J connectivity index is 0.00000180. The lowest BCUT2D eigenvalue weighted by Crippen LogP contribution is -2.47. The van der Waals surface area contributed by atoms with E-state index in [1.165, 1.54) is 12.1 Å². The van der Waals surface area contributed by atoms with Crippen LogP contribution in [0.5, 0.6) is 0 Å². The first-order chi connectivity index (χ1) is 8.61. The van der Waals surface area contributed by atoms with Crippen molar-refractivity contribution in [3.05, 3.63) is 34.1 Å². The first-order valence-electron chi connectivity index (χ1n) is 5.78. The van der Waals surface area contributed by atoms with E-state index in [4.69, 9.17) is 0 Å². The van der Waals surface area contributed by atoms with E-state index < -0.39 is 18.3 Å². The first-order valence-corrected chi connectivity index (χ1v) is 6.57. The predicted molar refractivity (Wildman–Crippen MR) is 81.8 cm³/mol. The third-order valence-electron chi connectivity index (χ3n) is 3.08. The van der Waals surface area contributed by atoms with Crippen molar-refractivity contribution in [3.63, 3.8) is 0 Å². The van der Waals surface area contributed by atoms with Crippen LogP contribution in [0.25, 0.3) is 0 Å². The molecule has 1 aliphatic rings. The molecule has 8 heteroatoms. The summed E-state index contributed by atoms with van der Waals surface area (Å²) in [5.74, 6) is -0.596. The number of alkyl halides is 2. The van der Waals surface area contributed by atoms with Crippen molar-refractivity contribution >= 4 is 40.7 Å². The number of nitrogens with one attached hydrogen (secondary N) is 1. The van der Waals surface area contributed by atoms with Crippen LogP contribution < -0.4 is 5.32 Å². The van der Waals surface area contributed by atoms with E-state index in [2.05, 4.69) is 21.2 Å². The van der Waals surface area contributed by atoms with Gasteiger partial charge in [-0.1, -0.05) is 12.1 Å². The number of hydrogen-bond acceptors (Lipinski definition) is 2. The smallest absolute Gasteiger partial charge is 0.258 e. The third kappa shape index (κ3) is 4.49. The van der Waals surface area contributed by atoms with Crippen LogP contribution in [0, 0.1) is 5.82 Å². The van der Waals surface area contributed by atoms with Crippen molar-refractivity contribution in [3.8, 4) is 0 Å². The molecule has 20 heavy (non-hydrogen) atoms. The quantitative estimate of drug-likeness (QED) is 0.840. The predicted octanol–water partition coefficient (Wildman–Crippen LogP) is 3.64. The standard InChI is InChI=1S/C12H14BrF3N2.2ClH/c13-9-3-1-2-8(10(9)14)11(12(15)16)18-6-4-17-5-7-18;;/h1-3,11-12,17H,4-7H2;2*1H/t11-;;/m1../s1. The molecule has 1 saturated heterocycles. The number of benzene rings is 1. The minimum atomic E-state index is -2.60. The van der Waals surface area contributed by atoms with Crippen molar-refractivity contribution in [2.24, 2.45) is 0 Å². The molecule has 1 fully saturated rings. The Labute approximate surface area is 137 Å². The molecule has 0 radical (unpaired) electrons. The monoisotopic (exact) mass is 394 g/mol. The molecule has 0 bridgehead atoms. The Bertz CT molecular complexity index is 418. The van der Waals surface area contributed by atoms with Crippen LogP contribution in [0.2, 0.25) is 0 Å². The highest BCUT2D eigenvalue weighted by Crippen LogP contribution is 2.32. The zero-order chi connectivity index (χ0) is 13.1. The normalized spacial score (nSPS) is 17.2. The van der Waals surface area contributed by atoms with Crippen LogP contribution in [0.3, 0.4) is 0 Å². The number of hydrogen-bond donors (Lipinski definition) is 1. The van der Waals surface area contributed by atoms with Crippen LogP contribution in [0.4, 0.5) is 13.2 Å². The summed E-state index contributed by atoms with van der Waals surface area (Å²) in [7, 11) is 0. The van der Waals surface area contributed by atoms with Crippen molar-refractivity contribution < 1.29 is 13.2 Å². The maximum atomic E-state index is 13.9. The van der Waals surface area contributed by atoms with Gasteiger partial charge in [-0.3, -0.25) is 4.90 Å². The zero-order valence-electron chi connectivity index (χ0n) is 10.5. The fourth-order valence-electron chi connectivity index (χ4n) is 2.20. The lowest BCUT2D eigenvalue weighted by molar-refractivity contribution is 0.0163. The van der Waals surface area contributed by atoms with Gasteiger partial charge in [0.15, 0.2) is 0 Å². The summed E-state index contributed by atoms with van der Waals surface area (Å²) in [6, 6.07) is 3.35. The summed E-state index contributed by atoms with van der Waals surface area (Å²) in [5.41, 5.74) is 0.0567. The van der Waals surface area contributed by atoms with E-state index in [9.17, 15) is 13.2 Å². The Hall–Kier alpha value is -0.0100. The molecule has 2 nitrogen and oxygen atoms in total. The van der Waals surface area contributed by atoms with Crippen molar-refractivity contribution in [2.45, 2.75) is 12.5 Å². The summed E-state index contributed by atoms with van der Waals surface area (Å²) >= 11 is 3.04. The molecule has 1 aliphatic heterocycles. The molecule has 0 aliphatic carbocycles. The Morgan fingerprint density at radius 2 is 1.75 bits per heavy atom. The molecule has 0 unspecified atom stereocenters. The fraction of sp³-hybridized carbons (Fsp3) is 0.500. The molecule has 0 saturated carbocycles. The third-order valence-corrected chi connectivity index (χ3v) is 3.70. The highest BCUT2D eigenvalue weighted by molar-refractivity contribution is 9.10. The second-order valence-electron chi connectivity index (χ2n) is 4.21. The number of nitrogens with zero attached hydrogens (tertiary/aromatic N) is 1. The van der Waals surface area contributed by atoms with Crippen LogP contribution in [-0.2, 0) is 0 Å². The van der Waals surface area contributed by atoms with Crippen molar-refractivity contribution in [2.75, 3.05) is 26.2 Å². The molecule has 1 heterocycles. The maximum absolute atomic E-state index is 13.9. The molecule has 1 aromatic carbocycles. The Morgan fingerprint density at radius 1 is 1.15 bits per heavy atom. The second kappa shape index (κ2) is 9.10. The summed E-state index contributed by atoms with van der Waals surface area (Å²) in [5, 5.41) is 3.10. The topological polar surface area (TPSA) is 15.3 Å². The van der Waals surface area contributed by atoms with Gasteiger partial charge in [0.05, 0.1) is 10.5 Å². The summed E-state index contributed by atoms with van der Waals surface area (Å²) in [6.45, 7) is 2.31. The Kier molecular flexibility index (Phi) is 9.09. The highest BCUT2D eigenvalue weighted by atomic mass is 79.9. The molecule has 1 N–H and O–H groups in total. The average Bonchev–Trinajstić information content (AvgIpc) is 2.36. The van der Waals surface area contributed by atoms with E-state index in [0.29, 0.717) is 26.2 Å². The summed E-state index contributed by atoms with van der Waals surface area (Å²) in [6.07, 6.45) is -2.60. The van der Waals surface area contributed by atoms with Gasteiger partial charge in [-0.15, -0.1) is 24.8 Å². The Morgan fingerprint density at radius 3 is 2.30 bits per heavy atom. The molecule has 1 aromatic rings. The molecular weight excluding hydrogens is 380 g/mol. The van der Waals surface area contributed by atoms with E-state index in [-0.39, 0.29) is 34.9 Å². The SMILES string of the molecule is Cl.Cl.Fc1c(Br)cccc1[C@H](C(F)F)N1CCNCC1. The fourth-order valence-corrected chi connectivity index (χ4v) is 2.58. The first kappa shape index (κ1) is 20.0. The lowest BCUT2D eigenvalue weighted by Gasteiger charge is -2.34. The van der Waals surface area contributed by atoms with E-state index >= 15 is 0 Å². The molecule has 0 aromatic heterocycles. The minimum Gasteiger partial charge on any atom is -0.314 e. The van der Waals surface area contributed by atoms with Gasteiger partial charge in [0.1, 0.15) is 5.82 Å². The minimum absolute atomic E-state index is 0. The molecular formula is C12H16BrCl2F3N2. The van der Waals surface area contributed by atoms with Gasteiger partial charge in [-0.2, -0.15) is 0 Å². The van der Waals surface area contributed by atoms with Crippen LogP contribution in [0.1, 0.15) is 11.6 Å². The van der Waals surface area contributed by atoms with Gasteiger partial charge in [-0.25, -0.2) is 13.2 Å². The van der Waals surface area contributed by atoms with Gasteiger partial charge >= 0.3 is 0 Å². The maximum Gasteiger partial charge on any atom is 0.258 e. The van der Waals surface area contributed by atoms with E-state index in [1.807, 2.05) is 0 Å². The zero-order valence-corrected chi connectivity index (χ0v) is 13.7. The van der Waals surface area contributed by atoms with Gasteiger partial charge in [0.25, 0.3) is 6.43 Å². The van der Waals surface area contributed by atoms with Crippen LogP contribution in [-0.4, -0.2) is 37.5 Å². The van der Waals surface area contributed by atoms with Crippen molar-refractivity contribution in [1.29, 1.82) is 0 Å². The average molecular weight is 396 g/mol. The second-order valence-corrected chi connectivity index (χ2v) is 5.06. The van der Waals surface area contributed by atoms with Gasteiger partial charge < -0.3 is 5.32 Å². The lowest BCUT2D eigenvalue weighted by atomic mass is 10.0. The highest BCUT2D eigenvalue weighted by Gasteiger charge is 2.32. The molecule has 2 rings (SSSR count). The van der Waals surface area contributed by atoms with Gasteiger partial charge in [0, 0.05) is 31.7 Å². The summed E-state index contributed by atoms with van der Waals surface area (Å²) in [4.78, 5) is 1.63. The number of halogens is 6. The molecule has 116 valence electrons.